The summed E-state index contributed by atoms with van der Waals surface area (Å²) >= 11 is 0. The summed E-state index contributed by atoms with van der Waals surface area (Å²) < 4.78 is 7.21. The van der Waals surface area contributed by atoms with E-state index >= 15 is 0 Å². The number of aryl methyl sites for hydroxylation is 1. The zero-order valence-corrected chi connectivity index (χ0v) is 20.9. The lowest BCUT2D eigenvalue weighted by molar-refractivity contribution is 0.177. The highest BCUT2D eigenvalue weighted by Crippen LogP contribution is 2.25. The van der Waals surface area contributed by atoms with Gasteiger partial charge in [0.25, 0.3) is 0 Å². The van der Waals surface area contributed by atoms with E-state index in [4.69, 9.17) is 19.8 Å². The van der Waals surface area contributed by atoms with Gasteiger partial charge in [-0.2, -0.15) is 5.10 Å². The smallest absolute Gasteiger partial charge is 0.158 e. The number of benzene rings is 1. The Morgan fingerprint density at radius 2 is 1.86 bits per heavy atom. The molecule has 1 aromatic carbocycles. The standard InChI is InChI=1S/C27H33N7O/c1-18(2)33-11-9-22(10-12-33)30-26-16-28-15-25(31-26)21-13-24-19(3)32-34(27(24)29-14-21)17-20-5-7-23(35-4)8-6-20/h5-8,13-16,18,22H,9-12,17H2,1-4H3,(H,30,31). The topological polar surface area (TPSA) is 81.0 Å². The van der Waals surface area contributed by atoms with Crippen molar-refractivity contribution in [2.45, 2.75) is 52.2 Å². The predicted molar refractivity (Wildman–Crippen MR) is 139 cm³/mol. The van der Waals surface area contributed by atoms with Crippen LogP contribution in [0.1, 0.15) is 37.9 Å². The molecular formula is C27H33N7O. The Balaban J connectivity index is 1.33. The van der Waals surface area contributed by atoms with E-state index in [9.17, 15) is 0 Å². The molecule has 0 aliphatic carbocycles. The third kappa shape index (κ3) is 5.12. The molecule has 1 aliphatic heterocycles. The van der Waals surface area contributed by atoms with Crippen LogP contribution in [0.15, 0.2) is 48.9 Å². The van der Waals surface area contributed by atoms with Gasteiger partial charge in [0.1, 0.15) is 11.6 Å². The van der Waals surface area contributed by atoms with E-state index in [2.05, 4.69) is 47.2 Å². The lowest BCUT2D eigenvalue weighted by Crippen LogP contribution is -2.42. The van der Waals surface area contributed by atoms with Crippen LogP contribution in [0, 0.1) is 6.92 Å². The first-order valence-electron chi connectivity index (χ1n) is 12.3. The van der Waals surface area contributed by atoms with Gasteiger partial charge in [-0.25, -0.2) is 14.6 Å². The number of anilines is 1. The molecule has 182 valence electrons. The lowest BCUT2D eigenvalue weighted by atomic mass is 10.0. The van der Waals surface area contributed by atoms with E-state index in [1.165, 1.54) is 0 Å². The van der Waals surface area contributed by atoms with Crippen LogP contribution in [0.5, 0.6) is 5.75 Å². The number of hydrogen-bond donors (Lipinski definition) is 1. The minimum atomic E-state index is 0.425. The van der Waals surface area contributed by atoms with E-state index in [0.29, 0.717) is 18.6 Å². The summed E-state index contributed by atoms with van der Waals surface area (Å²) in [5.74, 6) is 1.66. The third-order valence-corrected chi connectivity index (χ3v) is 6.81. The third-order valence-electron chi connectivity index (χ3n) is 6.81. The van der Waals surface area contributed by atoms with Crippen LogP contribution in [0.3, 0.4) is 0 Å². The molecule has 8 heteroatoms. The molecular weight excluding hydrogens is 438 g/mol. The zero-order valence-electron chi connectivity index (χ0n) is 20.9. The molecule has 0 amide bonds. The van der Waals surface area contributed by atoms with Crippen LogP contribution in [0.4, 0.5) is 5.82 Å². The Kier molecular flexibility index (Phi) is 6.63. The van der Waals surface area contributed by atoms with Crippen molar-refractivity contribution >= 4 is 16.9 Å². The van der Waals surface area contributed by atoms with Gasteiger partial charge in [0.15, 0.2) is 5.65 Å². The fraction of sp³-hybridized carbons (Fsp3) is 0.407. The SMILES string of the molecule is COc1ccc(Cn2nc(C)c3cc(-c4cncc(NC5CCN(C(C)C)CC5)n4)cnc32)cc1. The van der Waals surface area contributed by atoms with Gasteiger partial charge in [0.05, 0.1) is 37.4 Å². The molecule has 4 heterocycles. The lowest BCUT2D eigenvalue weighted by Gasteiger charge is -2.35. The maximum Gasteiger partial charge on any atom is 0.158 e. The molecule has 0 saturated carbocycles. The largest absolute Gasteiger partial charge is 0.497 e. The van der Waals surface area contributed by atoms with Gasteiger partial charge in [0.2, 0.25) is 0 Å². The molecule has 5 rings (SSSR count). The number of nitrogens with zero attached hydrogens (tertiary/aromatic N) is 6. The summed E-state index contributed by atoms with van der Waals surface area (Å²) in [4.78, 5) is 16.6. The fourth-order valence-electron chi connectivity index (χ4n) is 4.71. The second-order valence-corrected chi connectivity index (χ2v) is 9.52. The highest BCUT2D eigenvalue weighted by molar-refractivity contribution is 5.83. The molecule has 8 nitrogen and oxygen atoms in total. The van der Waals surface area contributed by atoms with Gasteiger partial charge in [-0.3, -0.25) is 4.98 Å². The summed E-state index contributed by atoms with van der Waals surface area (Å²) in [6.07, 6.45) is 7.70. The quantitative estimate of drug-likeness (QED) is 0.424. The molecule has 0 unspecified atom stereocenters. The van der Waals surface area contributed by atoms with Crippen molar-refractivity contribution < 1.29 is 4.74 Å². The van der Waals surface area contributed by atoms with Gasteiger partial charge < -0.3 is 15.0 Å². The highest BCUT2D eigenvalue weighted by Gasteiger charge is 2.21. The van der Waals surface area contributed by atoms with Crippen molar-refractivity contribution in [3.63, 3.8) is 0 Å². The molecule has 3 aromatic heterocycles. The van der Waals surface area contributed by atoms with Crippen molar-refractivity contribution in [3.05, 3.63) is 60.2 Å². The second kappa shape index (κ2) is 10.00. The number of nitrogens with one attached hydrogen (secondary N) is 1. The van der Waals surface area contributed by atoms with E-state index in [1.54, 1.807) is 13.3 Å². The number of pyridine rings is 1. The average molecular weight is 472 g/mol. The number of likely N-dealkylation sites (tertiary alicyclic amines) is 1. The molecule has 4 aromatic rings. The maximum atomic E-state index is 5.26. The first kappa shape index (κ1) is 23.2. The van der Waals surface area contributed by atoms with Crippen molar-refractivity contribution in [2.24, 2.45) is 0 Å². The molecule has 1 aliphatic rings. The predicted octanol–water partition coefficient (Wildman–Crippen LogP) is 4.54. The van der Waals surface area contributed by atoms with Crippen molar-refractivity contribution in [1.82, 2.24) is 29.6 Å². The number of rotatable bonds is 7. The van der Waals surface area contributed by atoms with Gasteiger partial charge in [-0.05, 0) is 57.4 Å². The first-order chi connectivity index (χ1) is 17.0. The van der Waals surface area contributed by atoms with Crippen LogP contribution in [-0.2, 0) is 6.54 Å². The van der Waals surface area contributed by atoms with Crippen LogP contribution in [0.2, 0.25) is 0 Å². The van der Waals surface area contributed by atoms with E-state index in [1.807, 2.05) is 36.1 Å². The van der Waals surface area contributed by atoms with Crippen LogP contribution in [-0.4, -0.2) is 61.9 Å². The molecule has 1 N–H and O–H groups in total. The summed E-state index contributed by atoms with van der Waals surface area (Å²) in [7, 11) is 1.67. The Morgan fingerprint density at radius 3 is 2.57 bits per heavy atom. The molecule has 0 bridgehead atoms. The van der Waals surface area contributed by atoms with Crippen LogP contribution < -0.4 is 10.1 Å². The van der Waals surface area contributed by atoms with Crippen LogP contribution in [0.25, 0.3) is 22.3 Å². The van der Waals surface area contributed by atoms with Gasteiger partial charge >= 0.3 is 0 Å². The minimum absolute atomic E-state index is 0.425. The van der Waals surface area contributed by atoms with Gasteiger partial charge in [-0.1, -0.05) is 12.1 Å². The molecule has 0 radical (unpaired) electrons. The van der Waals surface area contributed by atoms with Gasteiger partial charge in [0, 0.05) is 42.3 Å². The molecule has 0 spiro atoms. The summed E-state index contributed by atoms with van der Waals surface area (Å²) in [5, 5.41) is 9.36. The number of piperidine rings is 1. The number of hydrogen-bond acceptors (Lipinski definition) is 7. The molecule has 1 saturated heterocycles. The van der Waals surface area contributed by atoms with E-state index in [0.717, 1.165) is 71.0 Å². The van der Waals surface area contributed by atoms with Crippen molar-refractivity contribution in [3.8, 4) is 17.0 Å². The van der Waals surface area contributed by atoms with Gasteiger partial charge in [-0.15, -0.1) is 0 Å². The number of aromatic nitrogens is 5. The molecule has 35 heavy (non-hydrogen) atoms. The minimum Gasteiger partial charge on any atom is -0.497 e. The number of fused-ring (bicyclic) bond motifs is 1. The Bertz CT molecular complexity index is 1290. The zero-order chi connectivity index (χ0) is 24.4. The summed E-state index contributed by atoms with van der Waals surface area (Å²) in [5.41, 5.74) is 4.70. The first-order valence-corrected chi connectivity index (χ1v) is 12.3. The van der Waals surface area contributed by atoms with Crippen molar-refractivity contribution in [2.75, 3.05) is 25.5 Å². The van der Waals surface area contributed by atoms with Crippen molar-refractivity contribution in [1.29, 1.82) is 0 Å². The molecule has 1 fully saturated rings. The monoisotopic (exact) mass is 471 g/mol. The number of methoxy groups -OCH3 is 1. The normalized spacial score (nSPS) is 15.1. The maximum absolute atomic E-state index is 5.26. The van der Waals surface area contributed by atoms with Crippen LogP contribution >= 0.6 is 0 Å². The highest BCUT2D eigenvalue weighted by atomic mass is 16.5. The Labute approximate surface area is 206 Å². The number of ether oxygens (including phenoxy) is 1. The van der Waals surface area contributed by atoms with E-state index < -0.39 is 0 Å². The van der Waals surface area contributed by atoms with E-state index in [-0.39, 0.29) is 0 Å². The second-order valence-electron chi connectivity index (χ2n) is 9.52. The Hall–Kier alpha value is -3.52. The fourth-order valence-corrected chi connectivity index (χ4v) is 4.71. The summed E-state index contributed by atoms with van der Waals surface area (Å²) in [6, 6.07) is 11.2. The Morgan fingerprint density at radius 1 is 1.09 bits per heavy atom. The average Bonchev–Trinajstić information content (AvgIpc) is 3.19. The molecule has 0 atom stereocenters. The summed E-state index contributed by atoms with van der Waals surface area (Å²) in [6.45, 7) is 9.42.